The number of carbonyl (C=O) groups is 1. The summed E-state index contributed by atoms with van der Waals surface area (Å²) in [6.45, 7) is 1.75. The van der Waals surface area contributed by atoms with Crippen LogP contribution in [0.5, 0.6) is 0 Å². The molecule has 1 amide bonds. The summed E-state index contributed by atoms with van der Waals surface area (Å²) in [7, 11) is 1.84. The maximum absolute atomic E-state index is 13.6. The Bertz CT molecular complexity index is 810. The second-order valence-corrected chi connectivity index (χ2v) is 6.45. The average Bonchev–Trinajstić information content (AvgIpc) is 3.26. The molecule has 1 saturated heterocycles. The molecule has 0 spiro atoms. The molecule has 25 heavy (non-hydrogen) atoms. The Kier molecular flexibility index (Phi) is 4.79. The lowest BCUT2D eigenvalue weighted by atomic mass is 9.90. The van der Waals surface area contributed by atoms with Crippen LogP contribution in [-0.4, -0.2) is 35.3 Å². The van der Waals surface area contributed by atoms with E-state index >= 15 is 0 Å². The van der Waals surface area contributed by atoms with Crippen molar-refractivity contribution < 1.29 is 13.6 Å². The summed E-state index contributed by atoms with van der Waals surface area (Å²) < 4.78 is 28.7. The molecule has 1 aromatic heterocycles. The Hall–Kier alpha value is -1.99. The normalized spacial score (nSPS) is 22.0. The molecule has 2 aliphatic rings. The molecule has 0 saturated carbocycles. The Morgan fingerprint density at radius 2 is 2.04 bits per heavy atom. The number of nitrogens with zero attached hydrogens (tertiary/aromatic N) is 3. The molecular formula is C17H19ClF2N4O. The van der Waals surface area contributed by atoms with Crippen LogP contribution in [0.2, 0.25) is 0 Å². The van der Waals surface area contributed by atoms with Gasteiger partial charge in [-0.2, -0.15) is 5.10 Å². The Balaban J connectivity index is 0.00000182. The lowest BCUT2D eigenvalue weighted by Crippen LogP contribution is -2.37. The number of aryl methyl sites for hydroxylation is 1. The van der Waals surface area contributed by atoms with E-state index in [4.69, 9.17) is 0 Å². The van der Waals surface area contributed by atoms with Gasteiger partial charge in [-0.3, -0.25) is 9.48 Å². The third kappa shape index (κ3) is 3.02. The van der Waals surface area contributed by atoms with E-state index < -0.39 is 11.6 Å². The van der Waals surface area contributed by atoms with Gasteiger partial charge in [0, 0.05) is 44.9 Å². The first-order valence-electron chi connectivity index (χ1n) is 8.03. The summed E-state index contributed by atoms with van der Waals surface area (Å²) in [6, 6.07) is 2.33. The fourth-order valence-corrected chi connectivity index (χ4v) is 3.73. The highest BCUT2D eigenvalue weighted by Gasteiger charge is 2.39. The van der Waals surface area contributed by atoms with Crippen LogP contribution in [0.15, 0.2) is 24.5 Å². The van der Waals surface area contributed by atoms with Crippen molar-refractivity contribution in [2.24, 2.45) is 13.0 Å². The first-order valence-corrected chi connectivity index (χ1v) is 8.03. The first kappa shape index (κ1) is 17.8. The Labute approximate surface area is 150 Å². The molecule has 4 rings (SSSR count). The molecule has 2 aliphatic heterocycles. The largest absolute Gasteiger partial charge is 0.315 e. The van der Waals surface area contributed by atoms with Crippen molar-refractivity contribution in [3.63, 3.8) is 0 Å². The van der Waals surface area contributed by atoms with E-state index in [9.17, 15) is 13.6 Å². The number of aromatic nitrogens is 2. The molecule has 8 heteroatoms. The summed E-state index contributed by atoms with van der Waals surface area (Å²) in [4.78, 5) is 14.6. The summed E-state index contributed by atoms with van der Waals surface area (Å²) in [5.41, 5.74) is 2.20. The molecule has 2 aromatic rings. The number of halogens is 3. The van der Waals surface area contributed by atoms with E-state index in [0.29, 0.717) is 37.3 Å². The van der Waals surface area contributed by atoms with Gasteiger partial charge >= 0.3 is 0 Å². The van der Waals surface area contributed by atoms with Crippen molar-refractivity contribution in [2.45, 2.75) is 12.3 Å². The number of amides is 1. The van der Waals surface area contributed by atoms with Crippen molar-refractivity contribution in [1.82, 2.24) is 15.1 Å². The zero-order chi connectivity index (χ0) is 16.8. The maximum atomic E-state index is 13.6. The number of fused-ring (bicyclic) bond motifs is 1. The lowest BCUT2D eigenvalue weighted by molar-refractivity contribution is -0.122. The number of carbonyl (C=O) groups excluding carboxylic acids is 1. The van der Waals surface area contributed by atoms with Crippen LogP contribution in [0, 0.1) is 17.6 Å². The van der Waals surface area contributed by atoms with Gasteiger partial charge in [0.05, 0.1) is 17.8 Å². The molecule has 1 aromatic carbocycles. The van der Waals surface area contributed by atoms with E-state index in [-0.39, 0.29) is 30.2 Å². The highest BCUT2D eigenvalue weighted by atomic mass is 35.5. The van der Waals surface area contributed by atoms with Gasteiger partial charge in [-0.1, -0.05) is 0 Å². The standard InChI is InChI=1S/C17H18F2N4O.ClH/c1-22-9-11(6-21-22)12-7-20-8-13(12)17(24)23-3-2-10-4-14(18)15(19)5-16(10)23;/h4-6,9,12-13,20H,2-3,7-8H2,1H3;1H/t12-,13+;/m1./s1. The average molecular weight is 369 g/mol. The summed E-state index contributed by atoms with van der Waals surface area (Å²) in [5, 5.41) is 7.44. The quantitative estimate of drug-likeness (QED) is 0.882. The molecule has 1 N–H and O–H groups in total. The van der Waals surface area contributed by atoms with Gasteiger partial charge < -0.3 is 10.2 Å². The van der Waals surface area contributed by atoms with Crippen molar-refractivity contribution in [2.75, 3.05) is 24.5 Å². The van der Waals surface area contributed by atoms with Gasteiger partial charge in [-0.05, 0) is 23.6 Å². The minimum Gasteiger partial charge on any atom is -0.315 e. The molecule has 0 aliphatic carbocycles. The third-order valence-corrected chi connectivity index (χ3v) is 4.97. The maximum Gasteiger partial charge on any atom is 0.232 e. The lowest BCUT2D eigenvalue weighted by Gasteiger charge is -2.24. The van der Waals surface area contributed by atoms with Gasteiger partial charge in [0.2, 0.25) is 5.91 Å². The minimum atomic E-state index is -0.915. The monoisotopic (exact) mass is 368 g/mol. The smallest absolute Gasteiger partial charge is 0.232 e. The van der Waals surface area contributed by atoms with Crippen molar-refractivity contribution in [3.05, 3.63) is 47.3 Å². The van der Waals surface area contributed by atoms with Gasteiger partial charge in [0.15, 0.2) is 11.6 Å². The van der Waals surface area contributed by atoms with Crippen LogP contribution < -0.4 is 10.2 Å². The van der Waals surface area contributed by atoms with Crippen molar-refractivity contribution in [1.29, 1.82) is 0 Å². The molecule has 2 atom stereocenters. The molecule has 1 fully saturated rings. The van der Waals surface area contributed by atoms with E-state index in [0.717, 1.165) is 11.6 Å². The molecule has 0 radical (unpaired) electrons. The van der Waals surface area contributed by atoms with Gasteiger partial charge in [0.25, 0.3) is 0 Å². The highest BCUT2D eigenvalue weighted by Crippen LogP contribution is 2.35. The van der Waals surface area contributed by atoms with Crippen LogP contribution in [0.3, 0.4) is 0 Å². The number of anilines is 1. The second kappa shape index (κ2) is 6.72. The van der Waals surface area contributed by atoms with Crippen LogP contribution >= 0.6 is 12.4 Å². The predicted molar refractivity (Wildman–Crippen MR) is 92.0 cm³/mol. The number of benzene rings is 1. The van der Waals surface area contributed by atoms with Crippen LogP contribution in [0.4, 0.5) is 14.5 Å². The summed E-state index contributed by atoms with van der Waals surface area (Å²) in [5.74, 6) is -2.01. The zero-order valence-electron chi connectivity index (χ0n) is 13.7. The van der Waals surface area contributed by atoms with E-state index in [2.05, 4.69) is 10.4 Å². The van der Waals surface area contributed by atoms with Gasteiger partial charge in [0.1, 0.15) is 0 Å². The molecule has 0 bridgehead atoms. The van der Waals surface area contributed by atoms with E-state index in [1.807, 2.05) is 13.2 Å². The fourth-order valence-electron chi connectivity index (χ4n) is 3.73. The third-order valence-electron chi connectivity index (χ3n) is 4.97. The van der Waals surface area contributed by atoms with Crippen molar-refractivity contribution in [3.8, 4) is 0 Å². The predicted octanol–water partition coefficient (Wildman–Crippen LogP) is 2.01. The topological polar surface area (TPSA) is 50.2 Å². The number of nitrogens with one attached hydrogen (secondary N) is 1. The Morgan fingerprint density at radius 1 is 1.28 bits per heavy atom. The van der Waals surface area contributed by atoms with Crippen LogP contribution in [-0.2, 0) is 18.3 Å². The van der Waals surface area contributed by atoms with Gasteiger partial charge in [-0.25, -0.2) is 8.78 Å². The zero-order valence-corrected chi connectivity index (χ0v) is 14.5. The second-order valence-electron chi connectivity index (χ2n) is 6.45. The van der Waals surface area contributed by atoms with E-state index in [1.54, 1.807) is 15.8 Å². The van der Waals surface area contributed by atoms with Crippen molar-refractivity contribution >= 4 is 24.0 Å². The number of rotatable bonds is 2. The molecule has 134 valence electrons. The fraction of sp³-hybridized carbons (Fsp3) is 0.412. The summed E-state index contributed by atoms with van der Waals surface area (Å²) >= 11 is 0. The first-order chi connectivity index (χ1) is 11.5. The number of hydrogen-bond acceptors (Lipinski definition) is 3. The highest BCUT2D eigenvalue weighted by molar-refractivity contribution is 5.98. The molecule has 0 unspecified atom stereocenters. The SMILES string of the molecule is Cl.Cn1cc([C@H]2CNC[C@@H]2C(=O)N2CCc3cc(F)c(F)cc32)cn1. The minimum absolute atomic E-state index is 0. The Morgan fingerprint density at radius 3 is 2.76 bits per heavy atom. The van der Waals surface area contributed by atoms with Crippen LogP contribution in [0.25, 0.3) is 0 Å². The van der Waals surface area contributed by atoms with Crippen LogP contribution in [0.1, 0.15) is 17.0 Å². The number of hydrogen-bond donors (Lipinski definition) is 1. The van der Waals surface area contributed by atoms with Gasteiger partial charge in [-0.15, -0.1) is 12.4 Å². The summed E-state index contributed by atoms with van der Waals surface area (Å²) in [6.07, 6.45) is 4.26. The molecular weight excluding hydrogens is 350 g/mol. The van der Waals surface area contributed by atoms with E-state index in [1.165, 1.54) is 6.07 Å². The molecule has 3 heterocycles. The molecule has 5 nitrogen and oxygen atoms in total.